The van der Waals surface area contributed by atoms with Crippen molar-refractivity contribution in [3.8, 4) is 11.5 Å². The second-order valence-electron chi connectivity index (χ2n) is 5.70. The Kier molecular flexibility index (Phi) is 5.60. The van der Waals surface area contributed by atoms with Crippen LogP contribution in [0.3, 0.4) is 0 Å². The lowest BCUT2D eigenvalue weighted by Gasteiger charge is -2.11. The van der Waals surface area contributed by atoms with E-state index in [1.54, 1.807) is 30.0 Å². The molecule has 0 aliphatic carbocycles. The molecule has 142 valence electrons. The molecular formula is C18H21N5O3S. The lowest BCUT2D eigenvalue weighted by molar-refractivity contribution is -0.116. The smallest absolute Gasteiger partial charge is 0.246 e. The summed E-state index contributed by atoms with van der Waals surface area (Å²) in [5.74, 6) is 1.67. The van der Waals surface area contributed by atoms with Crippen LogP contribution in [-0.2, 0) is 17.8 Å². The van der Waals surface area contributed by atoms with Crippen molar-refractivity contribution in [3.05, 3.63) is 53.3 Å². The van der Waals surface area contributed by atoms with Crippen LogP contribution in [0, 0.1) is 4.77 Å². The number of hydrogen-bond acceptors (Lipinski definition) is 5. The van der Waals surface area contributed by atoms with E-state index in [0.717, 1.165) is 5.82 Å². The van der Waals surface area contributed by atoms with Gasteiger partial charge in [-0.2, -0.15) is 5.10 Å². The zero-order chi connectivity index (χ0) is 19.4. The average Bonchev–Trinajstić information content (AvgIpc) is 3.30. The molecule has 0 aliphatic rings. The number of aromatic nitrogens is 4. The fraction of sp³-hybridized carbons (Fsp3) is 0.278. The molecule has 0 unspecified atom stereocenters. The molecule has 0 atom stereocenters. The van der Waals surface area contributed by atoms with Crippen LogP contribution in [-0.4, -0.2) is 39.3 Å². The number of carbonyl (C=O) groups is 1. The lowest BCUT2D eigenvalue weighted by Crippen LogP contribution is -2.20. The van der Waals surface area contributed by atoms with E-state index in [2.05, 4.69) is 10.4 Å². The van der Waals surface area contributed by atoms with E-state index in [1.165, 1.54) is 11.8 Å². The second-order valence-corrected chi connectivity index (χ2v) is 6.06. The van der Waals surface area contributed by atoms with E-state index in [9.17, 15) is 4.79 Å². The van der Waals surface area contributed by atoms with E-state index in [0.29, 0.717) is 28.4 Å². The minimum Gasteiger partial charge on any atom is -0.497 e. The molecule has 9 heteroatoms. The minimum atomic E-state index is -0.255. The van der Waals surface area contributed by atoms with Crippen LogP contribution in [0.2, 0.25) is 0 Å². The summed E-state index contributed by atoms with van der Waals surface area (Å²) in [4.78, 5) is 12.5. The summed E-state index contributed by atoms with van der Waals surface area (Å²) in [6, 6.07) is 8.99. The number of hydrogen-bond donors (Lipinski definition) is 1. The zero-order valence-corrected chi connectivity index (χ0v) is 16.2. The van der Waals surface area contributed by atoms with Gasteiger partial charge in [0.15, 0.2) is 5.82 Å². The van der Waals surface area contributed by atoms with Gasteiger partial charge in [0.25, 0.3) is 0 Å². The summed E-state index contributed by atoms with van der Waals surface area (Å²) in [5.41, 5.74) is 0.551. The molecule has 2 aromatic heterocycles. The second kappa shape index (κ2) is 8.09. The first-order valence-corrected chi connectivity index (χ1v) is 8.82. The van der Waals surface area contributed by atoms with Gasteiger partial charge in [-0.25, -0.2) is 9.36 Å². The van der Waals surface area contributed by atoms with Gasteiger partial charge in [0.1, 0.15) is 18.0 Å². The first kappa shape index (κ1) is 18.7. The molecule has 0 saturated carbocycles. The number of benzene rings is 1. The Hall–Kier alpha value is -3.07. The number of carbonyl (C=O) groups excluding carboxylic acids is 1. The largest absolute Gasteiger partial charge is 0.497 e. The first-order chi connectivity index (χ1) is 13.1. The molecule has 27 heavy (non-hydrogen) atoms. The van der Waals surface area contributed by atoms with Gasteiger partial charge in [-0.15, -0.1) is 0 Å². The lowest BCUT2D eigenvalue weighted by atomic mass is 10.2. The first-order valence-electron chi connectivity index (χ1n) is 8.41. The van der Waals surface area contributed by atoms with Crippen LogP contribution in [0.1, 0.15) is 12.7 Å². The molecule has 0 fully saturated rings. The zero-order valence-electron chi connectivity index (χ0n) is 15.4. The maximum absolute atomic E-state index is 12.5. The maximum Gasteiger partial charge on any atom is 0.246 e. The highest BCUT2D eigenvalue weighted by Crippen LogP contribution is 2.28. The van der Waals surface area contributed by atoms with E-state index >= 15 is 0 Å². The Morgan fingerprint density at radius 1 is 1.22 bits per heavy atom. The monoisotopic (exact) mass is 387 g/mol. The van der Waals surface area contributed by atoms with Gasteiger partial charge in [0.05, 0.1) is 19.9 Å². The van der Waals surface area contributed by atoms with Crippen LogP contribution in [0.15, 0.2) is 42.7 Å². The third-order valence-electron chi connectivity index (χ3n) is 3.99. The molecule has 1 amide bonds. The van der Waals surface area contributed by atoms with Crippen molar-refractivity contribution < 1.29 is 14.3 Å². The minimum absolute atomic E-state index is 0.00468. The summed E-state index contributed by atoms with van der Waals surface area (Å²) >= 11 is 5.51. The summed E-state index contributed by atoms with van der Waals surface area (Å²) in [7, 11) is 3.11. The van der Waals surface area contributed by atoms with Crippen molar-refractivity contribution in [3.63, 3.8) is 0 Å². The SMILES string of the molecule is CCc1nn(CC(=O)Nc2ccc(OC)cc2OC)c(=S)n1-n1cccc1. The van der Waals surface area contributed by atoms with Crippen molar-refractivity contribution >= 4 is 23.8 Å². The molecular weight excluding hydrogens is 366 g/mol. The van der Waals surface area contributed by atoms with Gasteiger partial charge in [0.2, 0.25) is 10.7 Å². The van der Waals surface area contributed by atoms with E-state index < -0.39 is 0 Å². The summed E-state index contributed by atoms with van der Waals surface area (Å²) < 4.78 is 16.1. The molecule has 0 saturated heterocycles. The number of ether oxygens (including phenoxy) is 2. The Labute approximate surface area is 161 Å². The summed E-state index contributed by atoms with van der Waals surface area (Å²) in [6.07, 6.45) is 4.44. The highest BCUT2D eigenvalue weighted by atomic mass is 32.1. The number of rotatable bonds is 7. The molecule has 0 spiro atoms. The Bertz CT molecular complexity index is 991. The van der Waals surface area contributed by atoms with Crippen LogP contribution in [0.25, 0.3) is 0 Å². The van der Waals surface area contributed by atoms with Gasteiger partial charge in [-0.3, -0.25) is 9.47 Å². The Morgan fingerprint density at radius 2 is 1.96 bits per heavy atom. The molecule has 8 nitrogen and oxygen atoms in total. The van der Waals surface area contributed by atoms with Crippen molar-refractivity contribution in [2.75, 3.05) is 19.5 Å². The predicted molar refractivity (Wildman–Crippen MR) is 104 cm³/mol. The highest BCUT2D eigenvalue weighted by molar-refractivity contribution is 7.71. The Balaban J connectivity index is 1.82. The third-order valence-corrected chi connectivity index (χ3v) is 4.38. The molecule has 0 bridgehead atoms. The molecule has 1 N–H and O–H groups in total. The van der Waals surface area contributed by atoms with Crippen molar-refractivity contribution in [2.45, 2.75) is 19.9 Å². The normalized spacial score (nSPS) is 10.6. The van der Waals surface area contributed by atoms with Crippen LogP contribution < -0.4 is 14.8 Å². The fourth-order valence-electron chi connectivity index (χ4n) is 2.69. The number of aryl methyl sites for hydroxylation is 1. The van der Waals surface area contributed by atoms with E-state index in [-0.39, 0.29) is 12.5 Å². The number of methoxy groups -OCH3 is 2. The summed E-state index contributed by atoms with van der Waals surface area (Å²) in [6.45, 7) is 1.99. The van der Waals surface area contributed by atoms with Gasteiger partial charge in [0, 0.05) is 24.9 Å². The number of nitrogens with zero attached hydrogens (tertiary/aromatic N) is 4. The quantitative estimate of drug-likeness (QED) is 0.631. The van der Waals surface area contributed by atoms with E-state index in [1.807, 2.05) is 36.1 Å². The van der Waals surface area contributed by atoms with Crippen LogP contribution in [0.5, 0.6) is 11.5 Å². The number of anilines is 1. The van der Waals surface area contributed by atoms with Crippen LogP contribution in [0.4, 0.5) is 5.69 Å². The molecule has 3 aromatic rings. The van der Waals surface area contributed by atoms with Crippen LogP contribution >= 0.6 is 12.2 Å². The molecule has 0 aliphatic heterocycles. The predicted octanol–water partition coefficient (Wildman–Crippen LogP) is 2.75. The average molecular weight is 387 g/mol. The van der Waals surface area contributed by atoms with Gasteiger partial charge in [-0.05, 0) is 36.5 Å². The molecule has 1 aromatic carbocycles. The van der Waals surface area contributed by atoms with Crippen molar-refractivity contribution in [2.24, 2.45) is 0 Å². The van der Waals surface area contributed by atoms with E-state index in [4.69, 9.17) is 21.7 Å². The standard InChI is InChI=1S/C18H21N5O3S/c1-4-16-20-22(18(27)23(16)21-9-5-6-10-21)12-17(24)19-14-8-7-13(25-2)11-15(14)26-3/h5-11H,4,12H2,1-3H3,(H,19,24). The van der Waals surface area contributed by atoms with Crippen molar-refractivity contribution in [1.82, 2.24) is 19.1 Å². The fourth-order valence-corrected chi connectivity index (χ4v) is 2.99. The highest BCUT2D eigenvalue weighted by Gasteiger charge is 2.14. The van der Waals surface area contributed by atoms with Gasteiger partial charge < -0.3 is 14.8 Å². The van der Waals surface area contributed by atoms with Gasteiger partial charge >= 0.3 is 0 Å². The molecule has 2 heterocycles. The topological polar surface area (TPSA) is 75.2 Å². The Morgan fingerprint density at radius 3 is 2.59 bits per heavy atom. The summed E-state index contributed by atoms with van der Waals surface area (Å²) in [5, 5.41) is 7.31. The van der Waals surface area contributed by atoms with Crippen molar-refractivity contribution in [1.29, 1.82) is 0 Å². The molecule has 3 rings (SSSR count). The van der Waals surface area contributed by atoms with Gasteiger partial charge in [-0.1, -0.05) is 6.92 Å². The number of amides is 1. The third kappa shape index (κ3) is 3.87. The molecule has 0 radical (unpaired) electrons. The maximum atomic E-state index is 12.5. The number of nitrogens with one attached hydrogen (secondary N) is 1.